The lowest BCUT2D eigenvalue weighted by atomic mass is 10.1. The van der Waals surface area contributed by atoms with Gasteiger partial charge in [0.25, 0.3) is 0 Å². The fourth-order valence-corrected chi connectivity index (χ4v) is 1.03. The van der Waals surface area contributed by atoms with Crippen molar-refractivity contribution in [2.75, 3.05) is 0 Å². The molecule has 0 aliphatic heterocycles. The second-order valence-electron chi connectivity index (χ2n) is 2.94. The Kier molecular flexibility index (Phi) is 3.74. The SMILES string of the molecule is C=C(/C=C\C(O)=C/C)c1ccccc1. The van der Waals surface area contributed by atoms with Crippen LogP contribution >= 0.6 is 0 Å². The lowest BCUT2D eigenvalue weighted by Crippen LogP contribution is -1.78. The molecule has 0 fully saturated rings. The molecule has 0 unspecified atom stereocenters. The molecule has 72 valence electrons. The van der Waals surface area contributed by atoms with Gasteiger partial charge in [0.15, 0.2) is 0 Å². The molecule has 0 saturated carbocycles. The zero-order valence-corrected chi connectivity index (χ0v) is 8.27. The van der Waals surface area contributed by atoms with Gasteiger partial charge >= 0.3 is 0 Å². The summed E-state index contributed by atoms with van der Waals surface area (Å²) in [5.41, 5.74) is 1.95. The summed E-state index contributed by atoms with van der Waals surface area (Å²) in [6.07, 6.45) is 5.06. The second kappa shape index (κ2) is 5.07. The Bertz CT molecular complexity index is 358. The molecule has 1 rings (SSSR count). The van der Waals surface area contributed by atoms with Gasteiger partial charge in [-0.25, -0.2) is 0 Å². The van der Waals surface area contributed by atoms with Crippen molar-refractivity contribution in [3.8, 4) is 0 Å². The van der Waals surface area contributed by atoms with E-state index in [9.17, 15) is 5.11 Å². The predicted molar refractivity (Wildman–Crippen MR) is 61.0 cm³/mol. The van der Waals surface area contributed by atoms with E-state index in [1.807, 2.05) is 30.3 Å². The van der Waals surface area contributed by atoms with Crippen LogP contribution in [0.3, 0.4) is 0 Å². The fourth-order valence-electron chi connectivity index (χ4n) is 1.03. The molecule has 0 heterocycles. The van der Waals surface area contributed by atoms with Crippen molar-refractivity contribution in [3.05, 3.63) is 66.5 Å². The van der Waals surface area contributed by atoms with Crippen LogP contribution in [0, 0.1) is 0 Å². The molecule has 1 heteroatoms. The first-order chi connectivity index (χ1) is 6.74. The summed E-state index contributed by atoms with van der Waals surface area (Å²) in [6, 6.07) is 9.86. The maximum absolute atomic E-state index is 9.19. The molecule has 1 aromatic rings. The van der Waals surface area contributed by atoms with Crippen molar-refractivity contribution in [1.82, 2.24) is 0 Å². The highest BCUT2D eigenvalue weighted by atomic mass is 16.3. The summed E-state index contributed by atoms with van der Waals surface area (Å²) in [7, 11) is 0. The van der Waals surface area contributed by atoms with Crippen LogP contribution in [-0.2, 0) is 0 Å². The molecule has 0 aliphatic rings. The predicted octanol–water partition coefficient (Wildman–Crippen LogP) is 3.72. The molecule has 0 amide bonds. The number of hydrogen-bond donors (Lipinski definition) is 1. The standard InChI is InChI=1S/C13H14O/c1-3-13(14)10-9-11(2)12-7-5-4-6-8-12/h3-10,14H,2H2,1H3/b10-9-,13-3+. The summed E-state index contributed by atoms with van der Waals surface area (Å²) in [6.45, 7) is 5.69. The molecule has 14 heavy (non-hydrogen) atoms. The minimum Gasteiger partial charge on any atom is -0.508 e. The Balaban J connectivity index is 2.74. The van der Waals surface area contributed by atoms with Gasteiger partial charge in [0.05, 0.1) is 0 Å². The highest BCUT2D eigenvalue weighted by Crippen LogP contribution is 2.13. The third kappa shape index (κ3) is 2.94. The van der Waals surface area contributed by atoms with Crippen LogP contribution in [0.2, 0.25) is 0 Å². The van der Waals surface area contributed by atoms with Crippen LogP contribution in [-0.4, -0.2) is 5.11 Å². The number of benzene rings is 1. The monoisotopic (exact) mass is 186 g/mol. The van der Waals surface area contributed by atoms with E-state index in [0.717, 1.165) is 11.1 Å². The van der Waals surface area contributed by atoms with Gasteiger partial charge in [0, 0.05) is 0 Å². The van der Waals surface area contributed by atoms with Gasteiger partial charge < -0.3 is 5.11 Å². The molecular formula is C13H14O. The Hall–Kier alpha value is -1.76. The molecule has 0 saturated heterocycles. The van der Waals surface area contributed by atoms with E-state index in [1.165, 1.54) is 0 Å². The number of aliphatic hydroxyl groups excluding tert-OH is 1. The van der Waals surface area contributed by atoms with Crippen molar-refractivity contribution < 1.29 is 5.11 Å². The number of hydrogen-bond acceptors (Lipinski definition) is 1. The van der Waals surface area contributed by atoms with Crippen LogP contribution in [0.1, 0.15) is 12.5 Å². The van der Waals surface area contributed by atoms with Crippen LogP contribution in [0.5, 0.6) is 0 Å². The van der Waals surface area contributed by atoms with Gasteiger partial charge in [-0.3, -0.25) is 0 Å². The smallest absolute Gasteiger partial charge is 0.111 e. The van der Waals surface area contributed by atoms with E-state index >= 15 is 0 Å². The third-order valence-electron chi connectivity index (χ3n) is 1.90. The van der Waals surface area contributed by atoms with Crippen molar-refractivity contribution in [2.45, 2.75) is 6.92 Å². The van der Waals surface area contributed by atoms with Crippen molar-refractivity contribution >= 4 is 5.57 Å². The normalized spacial score (nSPS) is 11.9. The Morgan fingerprint density at radius 3 is 2.43 bits per heavy atom. The minimum absolute atomic E-state index is 0.252. The molecule has 0 radical (unpaired) electrons. The zero-order valence-electron chi connectivity index (χ0n) is 8.27. The molecule has 0 bridgehead atoms. The van der Waals surface area contributed by atoms with E-state index in [4.69, 9.17) is 0 Å². The van der Waals surface area contributed by atoms with Crippen LogP contribution < -0.4 is 0 Å². The Morgan fingerprint density at radius 2 is 1.86 bits per heavy atom. The summed E-state index contributed by atoms with van der Waals surface area (Å²) < 4.78 is 0. The van der Waals surface area contributed by atoms with Gasteiger partial charge in [-0.1, -0.05) is 43.0 Å². The van der Waals surface area contributed by atoms with Crippen LogP contribution in [0.4, 0.5) is 0 Å². The summed E-state index contributed by atoms with van der Waals surface area (Å²) in [5.74, 6) is 0.252. The second-order valence-corrected chi connectivity index (χ2v) is 2.94. The maximum atomic E-state index is 9.19. The first-order valence-corrected chi connectivity index (χ1v) is 4.51. The number of allylic oxidation sites excluding steroid dienone is 4. The zero-order chi connectivity index (χ0) is 10.4. The summed E-state index contributed by atoms with van der Waals surface area (Å²) in [4.78, 5) is 0. The number of rotatable bonds is 3. The topological polar surface area (TPSA) is 20.2 Å². The van der Waals surface area contributed by atoms with Crippen LogP contribution in [0.15, 0.2) is 60.9 Å². The Labute approximate surface area is 84.7 Å². The third-order valence-corrected chi connectivity index (χ3v) is 1.90. The molecule has 1 nitrogen and oxygen atoms in total. The largest absolute Gasteiger partial charge is 0.508 e. The summed E-state index contributed by atoms with van der Waals surface area (Å²) in [5, 5.41) is 9.19. The molecule has 0 spiro atoms. The van der Waals surface area contributed by atoms with E-state index in [0.29, 0.717) is 0 Å². The average Bonchev–Trinajstić information content (AvgIpc) is 2.26. The molecular weight excluding hydrogens is 172 g/mol. The first-order valence-electron chi connectivity index (χ1n) is 4.51. The van der Waals surface area contributed by atoms with Crippen molar-refractivity contribution in [1.29, 1.82) is 0 Å². The Morgan fingerprint density at radius 1 is 1.21 bits per heavy atom. The molecule has 0 aromatic heterocycles. The molecule has 1 N–H and O–H groups in total. The average molecular weight is 186 g/mol. The molecule has 1 aromatic carbocycles. The van der Waals surface area contributed by atoms with Gasteiger partial charge in [-0.2, -0.15) is 0 Å². The molecule has 0 atom stereocenters. The van der Waals surface area contributed by atoms with E-state index in [-0.39, 0.29) is 5.76 Å². The van der Waals surface area contributed by atoms with E-state index in [1.54, 1.807) is 25.2 Å². The van der Waals surface area contributed by atoms with Gasteiger partial charge in [0.1, 0.15) is 5.76 Å². The van der Waals surface area contributed by atoms with E-state index in [2.05, 4.69) is 6.58 Å². The van der Waals surface area contributed by atoms with Gasteiger partial charge in [-0.05, 0) is 30.2 Å². The lowest BCUT2D eigenvalue weighted by molar-refractivity contribution is 0.431. The fraction of sp³-hybridized carbons (Fsp3) is 0.0769. The summed E-state index contributed by atoms with van der Waals surface area (Å²) >= 11 is 0. The van der Waals surface area contributed by atoms with Gasteiger partial charge in [-0.15, -0.1) is 0 Å². The van der Waals surface area contributed by atoms with E-state index < -0.39 is 0 Å². The first kappa shape index (κ1) is 10.3. The number of aliphatic hydroxyl groups is 1. The molecule has 0 aliphatic carbocycles. The highest BCUT2D eigenvalue weighted by molar-refractivity contribution is 5.72. The highest BCUT2D eigenvalue weighted by Gasteiger charge is 1.92. The maximum Gasteiger partial charge on any atom is 0.111 e. The van der Waals surface area contributed by atoms with Gasteiger partial charge in [0.2, 0.25) is 0 Å². The minimum atomic E-state index is 0.252. The quantitative estimate of drug-likeness (QED) is 0.563. The van der Waals surface area contributed by atoms with Crippen molar-refractivity contribution in [3.63, 3.8) is 0 Å². The lowest BCUT2D eigenvalue weighted by Gasteiger charge is -1.98. The van der Waals surface area contributed by atoms with Crippen LogP contribution in [0.25, 0.3) is 5.57 Å². The van der Waals surface area contributed by atoms with Crippen molar-refractivity contribution in [2.24, 2.45) is 0 Å².